The second-order valence-electron chi connectivity index (χ2n) is 4.75. The van der Waals surface area contributed by atoms with Crippen molar-refractivity contribution in [2.45, 2.75) is 18.9 Å². The summed E-state index contributed by atoms with van der Waals surface area (Å²) >= 11 is 0. The number of carbonyl (C=O) groups is 1. The van der Waals surface area contributed by atoms with Crippen LogP contribution >= 0.6 is 0 Å². The number of nitro groups is 1. The van der Waals surface area contributed by atoms with Crippen LogP contribution in [0, 0.1) is 10.1 Å². The smallest absolute Gasteiger partial charge is 0.323 e. The van der Waals surface area contributed by atoms with Crippen molar-refractivity contribution in [1.82, 2.24) is 14.8 Å². The van der Waals surface area contributed by atoms with Crippen LogP contribution in [0.2, 0.25) is 0 Å². The Hall–Kier alpha value is -1.89. The van der Waals surface area contributed by atoms with E-state index in [9.17, 15) is 14.9 Å². The number of amides is 1. The van der Waals surface area contributed by atoms with Gasteiger partial charge in [0.1, 0.15) is 0 Å². The SMILES string of the molecule is CNC1CCN(C(=O)c2ccc([N+](=O)[O-])n2C)CC1. The molecule has 7 nitrogen and oxygen atoms in total. The van der Waals surface area contributed by atoms with Gasteiger partial charge < -0.3 is 20.3 Å². The second kappa shape index (κ2) is 5.40. The molecular weight excluding hydrogens is 248 g/mol. The number of nitrogens with zero attached hydrogens (tertiary/aromatic N) is 3. The molecule has 19 heavy (non-hydrogen) atoms. The summed E-state index contributed by atoms with van der Waals surface area (Å²) in [6.45, 7) is 1.37. The molecule has 1 aliphatic heterocycles. The highest BCUT2D eigenvalue weighted by Gasteiger charge is 2.28. The molecule has 0 aromatic carbocycles. The van der Waals surface area contributed by atoms with Gasteiger partial charge in [-0.3, -0.25) is 4.79 Å². The van der Waals surface area contributed by atoms with Gasteiger partial charge in [0, 0.05) is 25.2 Å². The first kappa shape index (κ1) is 13.5. The average molecular weight is 266 g/mol. The number of hydrogen-bond acceptors (Lipinski definition) is 4. The van der Waals surface area contributed by atoms with Crippen LogP contribution in [0.3, 0.4) is 0 Å². The summed E-state index contributed by atoms with van der Waals surface area (Å²) in [5.74, 6) is -0.196. The summed E-state index contributed by atoms with van der Waals surface area (Å²) in [6.07, 6.45) is 1.82. The van der Waals surface area contributed by atoms with Crippen LogP contribution in [0.15, 0.2) is 12.1 Å². The average Bonchev–Trinajstić information content (AvgIpc) is 2.80. The first-order chi connectivity index (χ1) is 9.04. The minimum Gasteiger partial charge on any atom is -0.358 e. The van der Waals surface area contributed by atoms with Gasteiger partial charge in [-0.25, -0.2) is 4.57 Å². The summed E-state index contributed by atoms with van der Waals surface area (Å²) in [6, 6.07) is 3.34. The molecule has 0 unspecified atom stereocenters. The molecule has 2 rings (SSSR count). The summed E-state index contributed by atoms with van der Waals surface area (Å²) in [7, 11) is 3.47. The van der Waals surface area contributed by atoms with Gasteiger partial charge in [-0.1, -0.05) is 0 Å². The monoisotopic (exact) mass is 266 g/mol. The second-order valence-corrected chi connectivity index (χ2v) is 4.75. The standard InChI is InChI=1S/C12H18N4O3/c1-13-9-5-7-15(8-6-9)12(17)10-3-4-11(14(10)2)16(18)19/h3-4,9,13H,5-8H2,1-2H3. The van der Waals surface area contributed by atoms with Crippen molar-refractivity contribution in [3.63, 3.8) is 0 Å². The fourth-order valence-electron chi connectivity index (χ4n) is 2.43. The molecule has 1 amide bonds. The lowest BCUT2D eigenvalue weighted by molar-refractivity contribution is -0.391. The molecule has 0 spiro atoms. The highest BCUT2D eigenvalue weighted by molar-refractivity contribution is 5.93. The first-order valence-corrected chi connectivity index (χ1v) is 6.31. The van der Waals surface area contributed by atoms with E-state index in [4.69, 9.17) is 0 Å². The van der Waals surface area contributed by atoms with Gasteiger partial charge in [0.15, 0.2) is 5.69 Å². The summed E-state index contributed by atoms with van der Waals surface area (Å²) in [5, 5.41) is 14.0. The molecule has 1 N–H and O–H groups in total. The third-order valence-corrected chi connectivity index (χ3v) is 3.69. The number of likely N-dealkylation sites (tertiary alicyclic amines) is 1. The third-order valence-electron chi connectivity index (χ3n) is 3.69. The molecule has 1 aromatic heterocycles. The molecular formula is C12H18N4O3. The Labute approximate surface area is 111 Å². The van der Waals surface area contributed by atoms with Crippen LogP contribution in [-0.4, -0.2) is 46.5 Å². The molecule has 1 saturated heterocycles. The predicted octanol–water partition coefficient (Wildman–Crippen LogP) is 0.757. The molecule has 104 valence electrons. The van der Waals surface area contributed by atoms with Crippen LogP contribution in [-0.2, 0) is 7.05 Å². The predicted molar refractivity (Wildman–Crippen MR) is 70.1 cm³/mol. The van der Waals surface area contributed by atoms with E-state index in [1.54, 1.807) is 11.9 Å². The van der Waals surface area contributed by atoms with Crippen molar-refractivity contribution in [3.8, 4) is 0 Å². The van der Waals surface area contributed by atoms with E-state index < -0.39 is 4.92 Å². The van der Waals surface area contributed by atoms with E-state index in [2.05, 4.69) is 5.32 Å². The Morgan fingerprint density at radius 2 is 2.05 bits per heavy atom. The lowest BCUT2D eigenvalue weighted by Gasteiger charge is -2.31. The van der Waals surface area contributed by atoms with Crippen molar-refractivity contribution < 1.29 is 9.72 Å². The molecule has 0 aliphatic carbocycles. The molecule has 0 bridgehead atoms. The van der Waals surface area contributed by atoms with Gasteiger partial charge in [-0.2, -0.15) is 0 Å². The van der Waals surface area contributed by atoms with Gasteiger partial charge in [0.25, 0.3) is 5.91 Å². The normalized spacial score (nSPS) is 16.6. The Morgan fingerprint density at radius 3 is 2.53 bits per heavy atom. The number of nitrogens with one attached hydrogen (secondary N) is 1. The number of carbonyl (C=O) groups excluding carboxylic acids is 1. The van der Waals surface area contributed by atoms with E-state index in [0.29, 0.717) is 24.8 Å². The molecule has 1 fully saturated rings. The van der Waals surface area contributed by atoms with E-state index in [1.807, 2.05) is 7.05 Å². The topological polar surface area (TPSA) is 80.4 Å². The van der Waals surface area contributed by atoms with Gasteiger partial charge in [0.2, 0.25) is 0 Å². The van der Waals surface area contributed by atoms with Crippen molar-refractivity contribution >= 4 is 11.7 Å². The Kier molecular flexibility index (Phi) is 3.84. The molecule has 2 heterocycles. The van der Waals surface area contributed by atoms with Gasteiger partial charge in [-0.05, 0) is 30.9 Å². The zero-order chi connectivity index (χ0) is 14.0. The molecule has 1 aliphatic rings. The molecule has 0 atom stereocenters. The third kappa shape index (κ3) is 2.60. The van der Waals surface area contributed by atoms with Gasteiger partial charge in [-0.15, -0.1) is 0 Å². The molecule has 7 heteroatoms. The number of piperidine rings is 1. The van der Waals surface area contributed by atoms with E-state index in [0.717, 1.165) is 12.8 Å². The maximum atomic E-state index is 12.3. The number of hydrogen-bond donors (Lipinski definition) is 1. The highest BCUT2D eigenvalue weighted by Crippen LogP contribution is 2.19. The Morgan fingerprint density at radius 1 is 1.42 bits per heavy atom. The zero-order valence-corrected chi connectivity index (χ0v) is 11.1. The zero-order valence-electron chi connectivity index (χ0n) is 11.1. The number of aromatic nitrogens is 1. The van der Waals surface area contributed by atoms with E-state index in [-0.39, 0.29) is 11.7 Å². The van der Waals surface area contributed by atoms with Gasteiger partial charge >= 0.3 is 5.82 Å². The van der Waals surface area contributed by atoms with Crippen LogP contribution in [0.4, 0.5) is 5.82 Å². The fraction of sp³-hybridized carbons (Fsp3) is 0.583. The minimum atomic E-state index is -0.482. The Bertz CT molecular complexity index is 489. The maximum Gasteiger partial charge on any atom is 0.323 e. The van der Waals surface area contributed by atoms with Crippen molar-refractivity contribution in [1.29, 1.82) is 0 Å². The van der Waals surface area contributed by atoms with Crippen molar-refractivity contribution in [3.05, 3.63) is 27.9 Å². The molecule has 0 radical (unpaired) electrons. The number of rotatable bonds is 3. The summed E-state index contributed by atoms with van der Waals surface area (Å²) in [4.78, 5) is 24.4. The van der Waals surface area contributed by atoms with Crippen LogP contribution in [0.5, 0.6) is 0 Å². The van der Waals surface area contributed by atoms with Gasteiger partial charge in [0.05, 0.1) is 7.05 Å². The van der Waals surface area contributed by atoms with Crippen LogP contribution < -0.4 is 5.32 Å². The van der Waals surface area contributed by atoms with Crippen molar-refractivity contribution in [2.75, 3.05) is 20.1 Å². The first-order valence-electron chi connectivity index (χ1n) is 6.31. The maximum absolute atomic E-state index is 12.3. The summed E-state index contributed by atoms with van der Waals surface area (Å²) in [5.41, 5.74) is 0.370. The molecule has 0 saturated carbocycles. The van der Waals surface area contributed by atoms with E-state index in [1.165, 1.54) is 16.7 Å². The van der Waals surface area contributed by atoms with E-state index >= 15 is 0 Å². The van der Waals surface area contributed by atoms with Crippen LogP contribution in [0.25, 0.3) is 0 Å². The highest BCUT2D eigenvalue weighted by atomic mass is 16.6. The minimum absolute atomic E-state index is 0.0616. The van der Waals surface area contributed by atoms with Crippen molar-refractivity contribution in [2.24, 2.45) is 7.05 Å². The fourth-order valence-corrected chi connectivity index (χ4v) is 2.43. The largest absolute Gasteiger partial charge is 0.358 e. The molecule has 1 aromatic rings. The Balaban J connectivity index is 2.10. The quantitative estimate of drug-likeness (QED) is 0.647. The lowest BCUT2D eigenvalue weighted by Crippen LogP contribution is -2.44. The van der Waals surface area contributed by atoms with Crippen LogP contribution in [0.1, 0.15) is 23.3 Å². The lowest BCUT2D eigenvalue weighted by atomic mass is 10.1. The summed E-state index contributed by atoms with van der Waals surface area (Å²) < 4.78 is 1.34.